The largest absolute Gasteiger partial charge is 0.478 e. The van der Waals surface area contributed by atoms with Gasteiger partial charge in [0.2, 0.25) is 0 Å². The first-order valence-corrected chi connectivity index (χ1v) is 7.02. The number of hydrogen-bond donors (Lipinski definition) is 1. The Morgan fingerprint density at radius 3 is 2.32 bits per heavy atom. The second-order valence-corrected chi connectivity index (χ2v) is 5.39. The van der Waals surface area contributed by atoms with Crippen LogP contribution in [0.5, 0.6) is 0 Å². The molecule has 3 rings (SSSR count). The van der Waals surface area contributed by atoms with E-state index in [2.05, 4.69) is 6.07 Å². The van der Waals surface area contributed by atoms with E-state index in [0.717, 1.165) is 10.8 Å². The van der Waals surface area contributed by atoms with Crippen molar-refractivity contribution < 1.29 is 9.90 Å². The summed E-state index contributed by atoms with van der Waals surface area (Å²) >= 11 is 0. The molecule has 1 aliphatic rings. The molecule has 0 bridgehead atoms. The van der Waals surface area contributed by atoms with Gasteiger partial charge in [-0.2, -0.15) is 0 Å². The van der Waals surface area contributed by atoms with E-state index in [-0.39, 0.29) is 0 Å². The van der Waals surface area contributed by atoms with Crippen LogP contribution < -0.4 is 0 Å². The van der Waals surface area contributed by atoms with E-state index in [1.54, 1.807) is 6.07 Å². The first-order valence-electron chi connectivity index (χ1n) is 7.02. The van der Waals surface area contributed by atoms with Gasteiger partial charge in [0.1, 0.15) is 0 Å². The van der Waals surface area contributed by atoms with Gasteiger partial charge in [-0.3, -0.25) is 0 Å². The summed E-state index contributed by atoms with van der Waals surface area (Å²) in [5.41, 5.74) is 1.75. The van der Waals surface area contributed by atoms with Gasteiger partial charge in [0.05, 0.1) is 5.56 Å². The van der Waals surface area contributed by atoms with Crippen molar-refractivity contribution in [2.75, 3.05) is 0 Å². The Bertz CT molecular complexity index is 610. The minimum Gasteiger partial charge on any atom is -0.478 e. The zero-order valence-corrected chi connectivity index (χ0v) is 10.9. The van der Waals surface area contributed by atoms with Gasteiger partial charge in [0, 0.05) is 0 Å². The van der Waals surface area contributed by atoms with E-state index >= 15 is 0 Å². The van der Waals surface area contributed by atoms with Gasteiger partial charge in [0.15, 0.2) is 0 Å². The summed E-state index contributed by atoms with van der Waals surface area (Å²) in [7, 11) is 0. The third-order valence-corrected chi connectivity index (χ3v) is 4.23. The van der Waals surface area contributed by atoms with E-state index in [1.807, 2.05) is 24.3 Å². The number of rotatable bonds is 2. The molecule has 0 amide bonds. The van der Waals surface area contributed by atoms with Crippen LogP contribution in [-0.2, 0) is 0 Å². The third-order valence-electron chi connectivity index (χ3n) is 4.23. The zero-order chi connectivity index (χ0) is 13.2. The molecule has 0 unspecified atom stereocenters. The lowest BCUT2D eigenvalue weighted by atomic mass is 9.81. The fraction of sp³-hybridized carbons (Fsp3) is 0.353. The Balaban J connectivity index is 2.15. The highest BCUT2D eigenvalue weighted by Crippen LogP contribution is 2.37. The maximum Gasteiger partial charge on any atom is 0.336 e. The average Bonchev–Trinajstić information content (AvgIpc) is 2.47. The maximum absolute atomic E-state index is 11.3. The van der Waals surface area contributed by atoms with Crippen molar-refractivity contribution in [1.82, 2.24) is 0 Å². The summed E-state index contributed by atoms with van der Waals surface area (Å²) < 4.78 is 0. The number of fused-ring (bicyclic) bond motifs is 1. The van der Waals surface area contributed by atoms with E-state index in [1.165, 1.54) is 37.7 Å². The van der Waals surface area contributed by atoms with Gasteiger partial charge >= 0.3 is 5.97 Å². The Kier molecular flexibility index (Phi) is 3.24. The first kappa shape index (κ1) is 12.2. The zero-order valence-electron chi connectivity index (χ0n) is 10.9. The molecule has 2 nitrogen and oxygen atoms in total. The molecule has 2 aromatic rings. The summed E-state index contributed by atoms with van der Waals surface area (Å²) in [5.74, 6) is -0.243. The molecule has 1 saturated carbocycles. The van der Waals surface area contributed by atoms with Gasteiger partial charge in [-0.25, -0.2) is 4.79 Å². The van der Waals surface area contributed by atoms with E-state index < -0.39 is 5.97 Å². The number of aromatic carboxylic acids is 1. The predicted octanol–water partition coefficient (Wildman–Crippen LogP) is 4.59. The van der Waals surface area contributed by atoms with Crippen LogP contribution in [-0.4, -0.2) is 11.1 Å². The van der Waals surface area contributed by atoms with Crippen molar-refractivity contribution in [3.63, 3.8) is 0 Å². The van der Waals surface area contributed by atoms with Gasteiger partial charge in [-0.15, -0.1) is 0 Å². The Morgan fingerprint density at radius 2 is 1.63 bits per heavy atom. The van der Waals surface area contributed by atoms with Crippen molar-refractivity contribution in [2.24, 2.45) is 0 Å². The standard InChI is InChI=1S/C17H18O2/c18-17(19)16-11-10-13(12-6-2-1-3-7-12)14-8-4-5-9-15(14)16/h4-5,8-12H,1-3,6-7H2,(H,18,19). The molecule has 1 N–H and O–H groups in total. The SMILES string of the molecule is O=C(O)c1ccc(C2CCCCC2)c2ccccc12. The number of hydrogen-bond acceptors (Lipinski definition) is 1. The van der Waals surface area contributed by atoms with Crippen LogP contribution in [0, 0.1) is 0 Å². The summed E-state index contributed by atoms with van der Waals surface area (Å²) in [6, 6.07) is 11.7. The molecule has 0 radical (unpaired) electrons. The molecular weight excluding hydrogens is 236 g/mol. The number of benzene rings is 2. The highest BCUT2D eigenvalue weighted by Gasteiger charge is 2.19. The molecular formula is C17H18O2. The van der Waals surface area contributed by atoms with Crippen LogP contribution in [0.2, 0.25) is 0 Å². The molecule has 0 aliphatic heterocycles. The lowest BCUT2D eigenvalue weighted by Crippen LogP contribution is -2.06. The summed E-state index contributed by atoms with van der Waals surface area (Å²) in [4.78, 5) is 11.3. The smallest absolute Gasteiger partial charge is 0.336 e. The predicted molar refractivity (Wildman–Crippen MR) is 76.7 cm³/mol. The summed E-state index contributed by atoms with van der Waals surface area (Å²) in [5, 5.41) is 11.3. The Morgan fingerprint density at radius 1 is 0.947 bits per heavy atom. The van der Waals surface area contributed by atoms with E-state index in [0.29, 0.717) is 11.5 Å². The molecule has 0 aromatic heterocycles. The number of carbonyl (C=O) groups is 1. The fourth-order valence-corrected chi connectivity index (χ4v) is 3.28. The normalized spacial score (nSPS) is 16.6. The van der Waals surface area contributed by atoms with Crippen LogP contribution in [0.3, 0.4) is 0 Å². The van der Waals surface area contributed by atoms with Crippen LogP contribution >= 0.6 is 0 Å². The molecule has 0 heterocycles. The summed E-state index contributed by atoms with van der Waals surface area (Å²) in [6.45, 7) is 0. The van der Waals surface area contributed by atoms with E-state index in [4.69, 9.17) is 0 Å². The Labute approximate surface area is 113 Å². The van der Waals surface area contributed by atoms with Crippen LogP contribution in [0.1, 0.15) is 53.9 Å². The van der Waals surface area contributed by atoms with Crippen LogP contribution in [0.4, 0.5) is 0 Å². The first-order chi connectivity index (χ1) is 9.27. The monoisotopic (exact) mass is 254 g/mol. The van der Waals surface area contributed by atoms with Crippen molar-refractivity contribution in [1.29, 1.82) is 0 Å². The highest BCUT2D eigenvalue weighted by molar-refractivity contribution is 6.04. The second kappa shape index (κ2) is 5.04. The van der Waals surface area contributed by atoms with Gasteiger partial charge in [-0.1, -0.05) is 49.6 Å². The van der Waals surface area contributed by atoms with Crippen LogP contribution in [0.15, 0.2) is 36.4 Å². The molecule has 1 fully saturated rings. The van der Waals surface area contributed by atoms with Crippen LogP contribution in [0.25, 0.3) is 10.8 Å². The van der Waals surface area contributed by atoms with Crippen molar-refractivity contribution >= 4 is 16.7 Å². The Hall–Kier alpha value is -1.83. The molecule has 2 heteroatoms. The van der Waals surface area contributed by atoms with Crippen molar-refractivity contribution in [2.45, 2.75) is 38.0 Å². The minimum absolute atomic E-state index is 0.412. The third kappa shape index (κ3) is 2.23. The molecule has 0 spiro atoms. The summed E-state index contributed by atoms with van der Waals surface area (Å²) in [6.07, 6.45) is 6.38. The molecule has 0 saturated heterocycles. The molecule has 0 atom stereocenters. The van der Waals surface area contributed by atoms with Gasteiger partial charge < -0.3 is 5.11 Å². The van der Waals surface area contributed by atoms with Crippen molar-refractivity contribution in [3.05, 3.63) is 47.5 Å². The molecule has 19 heavy (non-hydrogen) atoms. The highest BCUT2D eigenvalue weighted by atomic mass is 16.4. The topological polar surface area (TPSA) is 37.3 Å². The lowest BCUT2D eigenvalue weighted by Gasteiger charge is -2.23. The number of carboxylic acid groups (broad SMARTS) is 1. The average molecular weight is 254 g/mol. The minimum atomic E-state index is -0.841. The fourth-order valence-electron chi connectivity index (χ4n) is 3.28. The lowest BCUT2D eigenvalue weighted by molar-refractivity contribution is 0.0699. The number of carboxylic acids is 1. The van der Waals surface area contributed by atoms with Gasteiger partial charge in [-0.05, 0) is 41.2 Å². The maximum atomic E-state index is 11.3. The van der Waals surface area contributed by atoms with Crippen molar-refractivity contribution in [3.8, 4) is 0 Å². The molecule has 98 valence electrons. The second-order valence-electron chi connectivity index (χ2n) is 5.39. The molecule has 1 aliphatic carbocycles. The molecule has 2 aromatic carbocycles. The quantitative estimate of drug-likeness (QED) is 0.851. The van der Waals surface area contributed by atoms with E-state index in [9.17, 15) is 9.90 Å². The van der Waals surface area contributed by atoms with Gasteiger partial charge in [0.25, 0.3) is 0 Å².